The van der Waals surface area contributed by atoms with E-state index in [2.05, 4.69) is 9.97 Å². The molecule has 2 rings (SSSR count). The maximum atomic E-state index is 10.9. The molecule has 18 heavy (non-hydrogen) atoms. The van der Waals surface area contributed by atoms with Gasteiger partial charge in [-0.25, -0.2) is 9.78 Å². The Kier molecular flexibility index (Phi) is 3.52. The van der Waals surface area contributed by atoms with E-state index < -0.39 is 5.97 Å². The summed E-state index contributed by atoms with van der Waals surface area (Å²) in [5.74, 6) is -0.482. The normalized spacial score (nSPS) is 10.1. The number of aromatic nitrogens is 2. The third-order valence-corrected chi connectivity index (χ3v) is 2.43. The summed E-state index contributed by atoms with van der Waals surface area (Å²) in [5, 5.41) is 8.92. The lowest BCUT2D eigenvalue weighted by atomic mass is 10.1. The highest BCUT2D eigenvalue weighted by Gasteiger charge is 2.14. The Bertz CT molecular complexity index is 555. The molecule has 0 aliphatic rings. The maximum Gasteiger partial charge on any atom is 0.342 e. The Morgan fingerprint density at radius 2 is 2.06 bits per heavy atom. The van der Waals surface area contributed by atoms with Gasteiger partial charge in [0.15, 0.2) is 0 Å². The molecule has 0 aliphatic heterocycles. The van der Waals surface area contributed by atoms with Gasteiger partial charge in [0, 0.05) is 12.6 Å². The van der Waals surface area contributed by atoms with Crippen molar-refractivity contribution in [3.63, 3.8) is 0 Å². The first-order valence-corrected chi connectivity index (χ1v) is 5.38. The lowest BCUT2D eigenvalue weighted by Gasteiger charge is -2.05. The van der Waals surface area contributed by atoms with Gasteiger partial charge in [-0.15, -0.1) is 0 Å². The van der Waals surface area contributed by atoms with Crippen LogP contribution in [0.2, 0.25) is 0 Å². The predicted octanol–water partition coefficient (Wildman–Crippen LogP) is 1.77. The molecule has 2 aromatic rings. The van der Waals surface area contributed by atoms with Crippen molar-refractivity contribution in [1.29, 1.82) is 0 Å². The van der Waals surface area contributed by atoms with Crippen LogP contribution in [0, 0.1) is 0 Å². The summed E-state index contributed by atoms with van der Waals surface area (Å²) in [6, 6.07) is 9.71. The molecule has 0 spiro atoms. The van der Waals surface area contributed by atoms with Gasteiger partial charge < -0.3 is 9.84 Å². The number of carbonyl (C=O) groups is 1. The van der Waals surface area contributed by atoms with Crippen molar-refractivity contribution in [3.05, 3.63) is 53.5 Å². The van der Waals surface area contributed by atoms with E-state index in [1.807, 2.05) is 30.3 Å². The van der Waals surface area contributed by atoms with Crippen LogP contribution in [-0.2, 0) is 6.42 Å². The quantitative estimate of drug-likeness (QED) is 0.887. The number of methoxy groups -OCH3 is 1. The number of carboxylic acids is 1. The number of carboxylic acid groups (broad SMARTS) is 1. The molecule has 0 unspecified atom stereocenters. The average Bonchev–Trinajstić information content (AvgIpc) is 2.39. The monoisotopic (exact) mass is 244 g/mol. The van der Waals surface area contributed by atoms with E-state index in [9.17, 15) is 4.79 Å². The van der Waals surface area contributed by atoms with Crippen molar-refractivity contribution in [2.45, 2.75) is 6.42 Å². The topological polar surface area (TPSA) is 72.3 Å². The van der Waals surface area contributed by atoms with Crippen LogP contribution < -0.4 is 4.74 Å². The zero-order valence-corrected chi connectivity index (χ0v) is 9.83. The molecule has 0 radical (unpaired) electrons. The molecular formula is C13H12N2O3. The van der Waals surface area contributed by atoms with E-state index in [0.717, 1.165) is 5.56 Å². The van der Waals surface area contributed by atoms with E-state index in [-0.39, 0.29) is 11.4 Å². The molecule has 0 amide bonds. The second kappa shape index (κ2) is 5.27. The highest BCUT2D eigenvalue weighted by molar-refractivity contribution is 5.89. The van der Waals surface area contributed by atoms with Crippen molar-refractivity contribution < 1.29 is 14.6 Å². The van der Waals surface area contributed by atoms with Crippen LogP contribution in [0.3, 0.4) is 0 Å². The van der Waals surface area contributed by atoms with Gasteiger partial charge >= 0.3 is 5.97 Å². The lowest BCUT2D eigenvalue weighted by Crippen LogP contribution is -2.06. The van der Waals surface area contributed by atoms with Crippen LogP contribution >= 0.6 is 0 Å². The van der Waals surface area contributed by atoms with Crippen LogP contribution in [0.4, 0.5) is 0 Å². The molecule has 1 aromatic carbocycles. The summed E-state index contributed by atoms with van der Waals surface area (Å²) in [5.41, 5.74) is 1.02. The van der Waals surface area contributed by atoms with Crippen molar-refractivity contribution in [2.75, 3.05) is 7.11 Å². The minimum atomic E-state index is -1.10. The van der Waals surface area contributed by atoms with Crippen LogP contribution in [0.25, 0.3) is 0 Å². The van der Waals surface area contributed by atoms with Crippen molar-refractivity contribution in [3.8, 4) is 5.88 Å². The maximum absolute atomic E-state index is 10.9. The van der Waals surface area contributed by atoms with Gasteiger partial charge in [-0.1, -0.05) is 30.3 Å². The van der Waals surface area contributed by atoms with Crippen molar-refractivity contribution in [2.24, 2.45) is 0 Å². The first kappa shape index (κ1) is 12.0. The largest absolute Gasteiger partial charge is 0.480 e. The van der Waals surface area contributed by atoms with Crippen LogP contribution in [-0.4, -0.2) is 28.2 Å². The third kappa shape index (κ3) is 2.63. The lowest BCUT2D eigenvalue weighted by molar-refractivity contribution is 0.0692. The minimum Gasteiger partial charge on any atom is -0.480 e. The summed E-state index contributed by atoms with van der Waals surface area (Å²) in [6.07, 6.45) is 1.81. The minimum absolute atomic E-state index is 0.0330. The van der Waals surface area contributed by atoms with Crippen molar-refractivity contribution in [1.82, 2.24) is 9.97 Å². The van der Waals surface area contributed by atoms with E-state index in [4.69, 9.17) is 9.84 Å². The highest BCUT2D eigenvalue weighted by Crippen LogP contribution is 2.15. The van der Waals surface area contributed by atoms with E-state index in [1.54, 1.807) is 0 Å². The summed E-state index contributed by atoms with van der Waals surface area (Å²) < 4.78 is 4.95. The molecule has 92 valence electrons. The Morgan fingerprint density at radius 1 is 1.33 bits per heavy atom. The Labute approximate surface area is 104 Å². The fourth-order valence-electron chi connectivity index (χ4n) is 1.57. The first-order valence-electron chi connectivity index (χ1n) is 5.38. The molecule has 5 nitrogen and oxygen atoms in total. The van der Waals surface area contributed by atoms with Gasteiger partial charge in [-0.2, -0.15) is 4.98 Å². The average molecular weight is 244 g/mol. The van der Waals surface area contributed by atoms with E-state index in [0.29, 0.717) is 12.2 Å². The molecular weight excluding hydrogens is 232 g/mol. The number of rotatable bonds is 4. The summed E-state index contributed by atoms with van der Waals surface area (Å²) in [6.45, 7) is 0. The Hall–Kier alpha value is -2.43. The molecule has 5 heteroatoms. The number of aromatic carboxylic acids is 1. The molecule has 0 saturated heterocycles. The van der Waals surface area contributed by atoms with E-state index in [1.165, 1.54) is 13.3 Å². The summed E-state index contributed by atoms with van der Waals surface area (Å²) >= 11 is 0. The van der Waals surface area contributed by atoms with Gasteiger partial charge in [0.1, 0.15) is 11.4 Å². The van der Waals surface area contributed by atoms with Gasteiger partial charge in [-0.3, -0.25) is 0 Å². The number of ether oxygens (including phenoxy) is 1. The number of hydrogen-bond acceptors (Lipinski definition) is 4. The van der Waals surface area contributed by atoms with Gasteiger partial charge in [0.25, 0.3) is 0 Å². The second-order valence-corrected chi connectivity index (χ2v) is 3.68. The van der Waals surface area contributed by atoms with Gasteiger partial charge in [0.2, 0.25) is 5.88 Å². The zero-order valence-electron chi connectivity index (χ0n) is 9.83. The molecule has 0 bridgehead atoms. The molecule has 1 aromatic heterocycles. The molecule has 0 aliphatic carbocycles. The fourth-order valence-corrected chi connectivity index (χ4v) is 1.57. The molecule has 0 fully saturated rings. The first-order chi connectivity index (χ1) is 8.70. The summed E-state index contributed by atoms with van der Waals surface area (Å²) in [7, 11) is 1.39. The fraction of sp³-hybridized carbons (Fsp3) is 0.154. The number of benzene rings is 1. The van der Waals surface area contributed by atoms with Crippen LogP contribution in [0.5, 0.6) is 5.88 Å². The zero-order chi connectivity index (χ0) is 13.0. The number of nitrogens with zero attached hydrogens (tertiary/aromatic N) is 2. The third-order valence-electron chi connectivity index (χ3n) is 2.43. The molecule has 0 saturated carbocycles. The smallest absolute Gasteiger partial charge is 0.342 e. The van der Waals surface area contributed by atoms with Gasteiger partial charge in [0.05, 0.1) is 7.11 Å². The second-order valence-electron chi connectivity index (χ2n) is 3.68. The molecule has 1 N–H and O–H groups in total. The van der Waals surface area contributed by atoms with E-state index >= 15 is 0 Å². The Balaban J connectivity index is 2.28. The molecule has 0 atom stereocenters. The number of hydrogen-bond donors (Lipinski definition) is 1. The van der Waals surface area contributed by atoms with Gasteiger partial charge in [-0.05, 0) is 5.56 Å². The standard InChI is InChI=1S/C13H12N2O3/c1-18-12-10(13(16)17)8-14-11(15-12)7-9-5-3-2-4-6-9/h2-6,8H,7H2,1H3,(H,16,17). The van der Waals surface area contributed by atoms with Crippen LogP contribution in [0.1, 0.15) is 21.7 Å². The summed E-state index contributed by atoms with van der Waals surface area (Å²) in [4.78, 5) is 19.0. The SMILES string of the molecule is COc1nc(Cc2ccccc2)ncc1C(=O)O. The van der Waals surface area contributed by atoms with Crippen molar-refractivity contribution >= 4 is 5.97 Å². The highest BCUT2D eigenvalue weighted by atomic mass is 16.5. The predicted molar refractivity (Wildman–Crippen MR) is 64.8 cm³/mol. The van der Waals surface area contributed by atoms with Crippen LogP contribution in [0.15, 0.2) is 36.5 Å². The Morgan fingerprint density at radius 3 is 2.67 bits per heavy atom. The molecule has 1 heterocycles.